The van der Waals surface area contributed by atoms with Gasteiger partial charge in [0.1, 0.15) is 0 Å². The van der Waals surface area contributed by atoms with E-state index >= 15 is 0 Å². The average Bonchev–Trinajstić information content (AvgIpc) is 3.06. The van der Waals surface area contributed by atoms with Crippen LogP contribution in [-0.2, 0) is 4.79 Å². The van der Waals surface area contributed by atoms with E-state index in [9.17, 15) is 4.79 Å². The molecule has 0 saturated carbocycles. The summed E-state index contributed by atoms with van der Waals surface area (Å²) in [7, 11) is 0. The van der Waals surface area contributed by atoms with E-state index in [2.05, 4.69) is 22.4 Å². The van der Waals surface area contributed by atoms with Crippen LogP contribution in [0.25, 0.3) is 11.3 Å². The second-order valence-corrected chi connectivity index (χ2v) is 8.78. The molecule has 0 bridgehead atoms. The molecule has 0 saturated heterocycles. The van der Waals surface area contributed by atoms with Gasteiger partial charge in [-0.05, 0) is 19.1 Å². The zero-order valence-electron chi connectivity index (χ0n) is 13.6. The van der Waals surface area contributed by atoms with Crippen LogP contribution in [-0.4, -0.2) is 16.6 Å². The molecule has 0 atom stereocenters. The summed E-state index contributed by atoms with van der Waals surface area (Å²) in [5, 5.41) is 5.72. The zero-order chi connectivity index (χ0) is 18.7. The van der Waals surface area contributed by atoms with Gasteiger partial charge in [0.25, 0.3) is 0 Å². The smallest absolute Gasteiger partial charge is 0.234 e. The number of aromatic nitrogens is 1. The molecule has 3 nitrogen and oxygen atoms in total. The molecule has 2 aromatic carbocycles. The lowest BCUT2D eigenvalue weighted by Gasteiger charge is -2.09. The monoisotopic (exact) mass is 442 g/mol. The van der Waals surface area contributed by atoms with Gasteiger partial charge in [-0.1, -0.05) is 76.4 Å². The third-order valence-corrected chi connectivity index (χ3v) is 6.26. The molecular formula is C18H13Cl3N2OS2. The summed E-state index contributed by atoms with van der Waals surface area (Å²) in [4.78, 5) is 16.8. The number of thiazole rings is 1. The van der Waals surface area contributed by atoms with Crippen molar-refractivity contribution in [2.45, 2.75) is 11.3 Å². The van der Waals surface area contributed by atoms with Gasteiger partial charge < -0.3 is 5.32 Å². The minimum Gasteiger partial charge on any atom is -0.323 e. The Morgan fingerprint density at radius 3 is 2.46 bits per heavy atom. The number of nitrogens with zero attached hydrogens (tertiary/aromatic N) is 1. The summed E-state index contributed by atoms with van der Waals surface area (Å²) >= 11 is 20.9. The first-order valence-corrected chi connectivity index (χ1v) is 10.5. The van der Waals surface area contributed by atoms with Gasteiger partial charge in [0.2, 0.25) is 5.91 Å². The maximum absolute atomic E-state index is 12.2. The van der Waals surface area contributed by atoms with Crippen LogP contribution < -0.4 is 5.32 Å². The fourth-order valence-electron chi connectivity index (χ4n) is 2.14. The molecule has 0 radical (unpaired) electrons. The molecule has 0 unspecified atom stereocenters. The standard InChI is InChI=1S/C18H13Cl3N2OS2/c1-10-2-4-11(5-3-10)15-8-25-18(22-15)26-9-16(24)23-17-13(20)6-12(19)7-14(17)21/h2-8H,9H2,1H3,(H,23,24). The molecule has 0 aliphatic carbocycles. The third kappa shape index (κ3) is 4.93. The maximum Gasteiger partial charge on any atom is 0.234 e. The predicted molar refractivity (Wildman–Crippen MR) is 113 cm³/mol. The molecular weight excluding hydrogens is 431 g/mol. The second-order valence-electron chi connectivity index (χ2n) is 5.45. The van der Waals surface area contributed by atoms with Crippen LogP contribution in [0.15, 0.2) is 46.1 Å². The summed E-state index contributed by atoms with van der Waals surface area (Å²) in [5.41, 5.74) is 3.53. The topological polar surface area (TPSA) is 42.0 Å². The number of aryl methyl sites for hydroxylation is 1. The van der Waals surface area contributed by atoms with Gasteiger partial charge in [-0.2, -0.15) is 0 Å². The number of rotatable bonds is 5. The third-order valence-electron chi connectivity index (χ3n) is 3.43. The first kappa shape index (κ1) is 19.5. The predicted octanol–water partition coefficient (Wildman–Crippen LogP) is 6.81. The first-order valence-electron chi connectivity index (χ1n) is 7.52. The number of hydrogen-bond acceptors (Lipinski definition) is 4. The number of benzene rings is 2. The van der Waals surface area contributed by atoms with E-state index in [-0.39, 0.29) is 11.7 Å². The van der Waals surface area contributed by atoms with Crippen molar-refractivity contribution in [3.8, 4) is 11.3 Å². The summed E-state index contributed by atoms with van der Waals surface area (Å²) in [5.74, 6) is -0.0101. The van der Waals surface area contributed by atoms with Crippen molar-refractivity contribution in [1.82, 2.24) is 4.98 Å². The molecule has 3 aromatic rings. The zero-order valence-corrected chi connectivity index (χ0v) is 17.5. The minimum atomic E-state index is -0.215. The molecule has 1 aromatic heterocycles. The van der Waals surface area contributed by atoms with Gasteiger partial charge in [0.15, 0.2) is 4.34 Å². The Bertz CT molecular complexity index is 919. The second kappa shape index (κ2) is 8.63. The highest BCUT2D eigenvalue weighted by Crippen LogP contribution is 2.34. The summed E-state index contributed by atoms with van der Waals surface area (Å²) in [6, 6.07) is 11.2. The first-order chi connectivity index (χ1) is 12.4. The number of carbonyl (C=O) groups is 1. The number of nitrogens with one attached hydrogen (secondary N) is 1. The number of anilines is 1. The van der Waals surface area contributed by atoms with Crippen molar-refractivity contribution in [2.75, 3.05) is 11.1 Å². The lowest BCUT2D eigenvalue weighted by atomic mass is 10.1. The van der Waals surface area contributed by atoms with Crippen LogP contribution in [0.2, 0.25) is 15.1 Å². The molecule has 0 spiro atoms. The van der Waals surface area contributed by atoms with E-state index in [4.69, 9.17) is 34.8 Å². The van der Waals surface area contributed by atoms with Crippen LogP contribution in [0.3, 0.4) is 0 Å². The Morgan fingerprint density at radius 1 is 1.15 bits per heavy atom. The van der Waals surface area contributed by atoms with E-state index in [1.165, 1.54) is 40.8 Å². The van der Waals surface area contributed by atoms with Crippen LogP contribution >= 0.6 is 57.9 Å². The van der Waals surface area contributed by atoms with Crippen LogP contribution in [0.5, 0.6) is 0 Å². The van der Waals surface area contributed by atoms with Crippen LogP contribution in [0.1, 0.15) is 5.56 Å². The highest BCUT2D eigenvalue weighted by molar-refractivity contribution is 8.01. The van der Waals surface area contributed by atoms with E-state index in [1.54, 1.807) is 0 Å². The lowest BCUT2D eigenvalue weighted by molar-refractivity contribution is -0.113. The van der Waals surface area contributed by atoms with Crippen molar-refractivity contribution >= 4 is 69.5 Å². The fraction of sp³-hybridized carbons (Fsp3) is 0.111. The Morgan fingerprint density at radius 2 is 1.81 bits per heavy atom. The molecule has 8 heteroatoms. The quantitative estimate of drug-likeness (QED) is 0.440. The van der Waals surface area contributed by atoms with Crippen molar-refractivity contribution in [1.29, 1.82) is 0 Å². The van der Waals surface area contributed by atoms with Gasteiger partial charge in [-0.15, -0.1) is 11.3 Å². The minimum absolute atomic E-state index is 0.204. The Labute approximate surface area is 174 Å². The molecule has 0 fully saturated rings. The molecule has 3 rings (SSSR count). The molecule has 0 aliphatic rings. The SMILES string of the molecule is Cc1ccc(-c2csc(SCC(=O)Nc3c(Cl)cc(Cl)cc3Cl)n2)cc1. The molecule has 1 N–H and O–H groups in total. The summed E-state index contributed by atoms with van der Waals surface area (Å²) < 4.78 is 0.823. The molecule has 0 aliphatic heterocycles. The van der Waals surface area contributed by atoms with Gasteiger partial charge in [0.05, 0.1) is 27.2 Å². The number of hydrogen-bond donors (Lipinski definition) is 1. The van der Waals surface area contributed by atoms with E-state index < -0.39 is 0 Å². The number of thioether (sulfide) groups is 1. The van der Waals surface area contributed by atoms with Gasteiger partial charge in [0, 0.05) is 16.0 Å². The summed E-state index contributed by atoms with van der Waals surface area (Å²) in [6.07, 6.45) is 0. The number of amides is 1. The largest absolute Gasteiger partial charge is 0.323 e. The highest BCUT2D eigenvalue weighted by Gasteiger charge is 2.13. The lowest BCUT2D eigenvalue weighted by Crippen LogP contribution is -2.14. The van der Waals surface area contributed by atoms with Crippen molar-refractivity contribution in [3.05, 3.63) is 62.4 Å². The van der Waals surface area contributed by atoms with E-state index in [0.29, 0.717) is 20.8 Å². The van der Waals surface area contributed by atoms with E-state index in [1.807, 2.05) is 24.4 Å². The maximum atomic E-state index is 12.2. The molecule has 1 amide bonds. The molecule has 26 heavy (non-hydrogen) atoms. The highest BCUT2D eigenvalue weighted by atomic mass is 35.5. The Hall–Kier alpha value is -1.24. The van der Waals surface area contributed by atoms with Crippen LogP contribution in [0, 0.1) is 6.92 Å². The Balaban J connectivity index is 1.61. The molecule has 134 valence electrons. The Kier molecular flexibility index (Phi) is 6.48. The number of carbonyl (C=O) groups excluding carboxylic acids is 1. The van der Waals surface area contributed by atoms with Crippen molar-refractivity contribution in [3.63, 3.8) is 0 Å². The number of halogens is 3. The normalized spacial score (nSPS) is 10.8. The van der Waals surface area contributed by atoms with Crippen molar-refractivity contribution < 1.29 is 4.79 Å². The van der Waals surface area contributed by atoms with E-state index in [0.717, 1.165) is 15.6 Å². The van der Waals surface area contributed by atoms with Crippen LogP contribution in [0.4, 0.5) is 5.69 Å². The molecule has 1 heterocycles. The van der Waals surface area contributed by atoms with Gasteiger partial charge in [-0.3, -0.25) is 4.79 Å². The summed E-state index contributed by atoms with van der Waals surface area (Å²) in [6.45, 7) is 2.05. The van der Waals surface area contributed by atoms with Crippen molar-refractivity contribution in [2.24, 2.45) is 0 Å². The van der Waals surface area contributed by atoms with Gasteiger partial charge in [-0.25, -0.2) is 4.98 Å². The average molecular weight is 444 g/mol. The fourth-order valence-corrected chi connectivity index (χ4v) is 4.69. The van der Waals surface area contributed by atoms with Gasteiger partial charge >= 0.3 is 0 Å².